The summed E-state index contributed by atoms with van der Waals surface area (Å²) in [7, 11) is 8.41. The zero-order valence-electron chi connectivity index (χ0n) is 20.8. The summed E-state index contributed by atoms with van der Waals surface area (Å²) in [5.74, 6) is 1.81. The topological polar surface area (TPSA) is 55.8 Å². The number of rotatable bonds is 8. The van der Waals surface area contributed by atoms with Gasteiger partial charge in [0.2, 0.25) is 6.41 Å². The molecule has 2 aromatic rings. The van der Waals surface area contributed by atoms with E-state index in [4.69, 9.17) is 4.98 Å². The Bertz CT molecular complexity index is 951. The molecule has 1 aromatic carbocycles. The Morgan fingerprint density at radius 3 is 2.24 bits per heavy atom. The molecule has 2 fully saturated rings. The number of amides is 1. The van der Waals surface area contributed by atoms with Gasteiger partial charge in [0, 0.05) is 39.3 Å². The molecule has 0 radical (unpaired) electrons. The van der Waals surface area contributed by atoms with Crippen molar-refractivity contribution in [3.8, 4) is 0 Å². The number of likely N-dealkylation sites (N-methyl/N-ethyl adjacent to an activating group) is 2. The number of hydrogen-bond donors (Lipinski definition) is 0. The lowest BCUT2D eigenvalue weighted by atomic mass is 9.68. The van der Waals surface area contributed by atoms with Crippen molar-refractivity contribution in [3.05, 3.63) is 47.9 Å². The van der Waals surface area contributed by atoms with Crippen molar-refractivity contribution in [2.24, 2.45) is 0 Å². The number of carbonyl (C=O) groups excluding carboxylic acids is 1. The van der Waals surface area contributed by atoms with E-state index in [0.717, 1.165) is 69.1 Å². The fourth-order valence-corrected chi connectivity index (χ4v) is 5.61. The van der Waals surface area contributed by atoms with Gasteiger partial charge in [0.1, 0.15) is 5.82 Å². The molecule has 1 aliphatic carbocycles. The molecule has 1 aromatic heterocycles. The van der Waals surface area contributed by atoms with Crippen molar-refractivity contribution in [1.29, 1.82) is 0 Å². The van der Waals surface area contributed by atoms with Gasteiger partial charge in [0.25, 0.3) is 0 Å². The van der Waals surface area contributed by atoms with E-state index in [1.807, 2.05) is 25.1 Å². The molecule has 1 amide bonds. The molecule has 0 N–H and O–H groups in total. The van der Waals surface area contributed by atoms with Crippen LogP contribution in [0.1, 0.15) is 43.5 Å². The predicted octanol–water partition coefficient (Wildman–Crippen LogP) is 3.29. The number of hydrogen-bond acceptors (Lipinski definition) is 6. The van der Waals surface area contributed by atoms with Gasteiger partial charge in [-0.3, -0.25) is 9.69 Å². The third-order valence-electron chi connectivity index (χ3n) is 8.05. The zero-order chi connectivity index (χ0) is 23.6. The van der Waals surface area contributed by atoms with Crippen molar-refractivity contribution in [1.82, 2.24) is 19.8 Å². The van der Waals surface area contributed by atoms with E-state index >= 15 is 0 Å². The Balaban J connectivity index is 1.61. The maximum Gasteiger partial charge on any atom is 0.209 e. The molecule has 1 saturated heterocycles. The second-order valence-corrected chi connectivity index (χ2v) is 10.1. The van der Waals surface area contributed by atoms with Crippen LogP contribution in [0.4, 0.5) is 11.5 Å². The van der Waals surface area contributed by atoms with E-state index in [1.54, 1.807) is 0 Å². The molecular weight excluding hydrogens is 412 g/mol. The average Bonchev–Trinajstić information content (AvgIpc) is 2.78. The summed E-state index contributed by atoms with van der Waals surface area (Å²) in [6, 6.07) is 10.8. The van der Waals surface area contributed by atoms with E-state index in [-0.39, 0.29) is 11.1 Å². The monoisotopic (exact) mass is 450 g/mol. The molecule has 178 valence electrons. The summed E-state index contributed by atoms with van der Waals surface area (Å²) < 4.78 is 0. The van der Waals surface area contributed by atoms with Gasteiger partial charge in [-0.25, -0.2) is 9.97 Å². The highest BCUT2D eigenvalue weighted by Crippen LogP contribution is 2.47. The molecule has 33 heavy (non-hydrogen) atoms. The van der Waals surface area contributed by atoms with Crippen LogP contribution in [-0.4, -0.2) is 79.5 Å². The summed E-state index contributed by atoms with van der Waals surface area (Å²) in [5.41, 5.74) is 2.16. The minimum absolute atomic E-state index is 0.0111. The second kappa shape index (κ2) is 9.29. The molecule has 0 bridgehead atoms. The van der Waals surface area contributed by atoms with E-state index in [0.29, 0.717) is 0 Å². The minimum atomic E-state index is -0.234. The highest BCUT2D eigenvalue weighted by molar-refractivity contribution is 5.67. The highest BCUT2D eigenvalue weighted by Gasteiger charge is 2.47. The van der Waals surface area contributed by atoms with E-state index in [9.17, 15) is 4.79 Å². The first-order valence-electron chi connectivity index (χ1n) is 12.0. The fraction of sp³-hybridized carbons (Fsp3) is 0.577. The van der Waals surface area contributed by atoms with Gasteiger partial charge in [-0.15, -0.1) is 0 Å². The zero-order valence-corrected chi connectivity index (χ0v) is 20.8. The normalized spacial score (nSPS) is 25.0. The van der Waals surface area contributed by atoms with Gasteiger partial charge in [-0.2, -0.15) is 0 Å². The van der Waals surface area contributed by atoms with Crippen LogP contribution in [0.15, 0.2) is 36.5 Å². The summed E-state index contributed by atoms with van der Waals surface area (Å²) in [5, 5.41) is 0. The maximum atomic E-state index is 12.0. The SMILES string of the molecule is Cc1ncc(N(C)CC2(N(C)C=O)CCC(c3ccccc3)(N(C)C)CC2)c(N2CCC2)n1. The van der Waals surface area contributed by atoms with Crippen LogP contribution in [0.3, 0.4) is 0 Å². The minimum Gasteiger partial charge on any atom is -0.368 e. The first-order chi connectivity index (χ1) is 15.8. The van der Waals surface area contributed by atoms with Gasteiger partial charge < -0.3 is 14.7 Å². The summed E-state index contributed by atoms with van der Waals surface area (Å²) in [4.78, 5) is 30.2. The summed E-state index contributed by atoms with van der Waals surface area (Å²) in [6.45, 7) is 4.78. The summed E-state index contributed by atoms with van der Waals surface area (Å²) >= 11 is 0. The van der Waals surface area contributed by atoms with Crippen LogP contribution in [-0.2, 0) is 10.3 Å². The smallest absolute Gasteiger partial charge is 0.209 e. The third-order valence-corrected chi connectivity index (χ3v) is 8.05. The van der Waals surface area contributed by atoms with Gasteiger partial charge in [-0.05, 0) is 58.7 Å². The lowest BCUT2D eigenvalue weighted by Crippen LogP contribution is -2.59. The first-order valence-corrected chi connectivity index (χ1v) is 12.0. The van der Waals surface area contributed by atoms with Crippen LogP contribution in [0.2, 0.25) is 0 Å². The van der Waals surface area contributed by atoms with Gasteiger partial charge >= 0.3 is 0 Å². The molecule has 4 rings (SSSR count). The van der Waals surface area contributed by atoms with Gasteiger partial charge in [0.05, 0.1) is 17.4 Å². The number of aryl methyl sites for hydroxylation is 1. The Morgan fingerprint density at radius 2 is 1.70 bits per heavy atom. The predicted molar refractivity (Wildman–Crippen MR) is 134 cm³/mol. The van der Waals surface area contributed by atoms with Crippen molar-refractivity contribution >= 4 is 17.9 Å². The van der Waals surface area contributed by atoms with E-state index in [2.05, 4.69) is 71.2 Å². The Kier molecular flexibility index (Phi) is 6.61. The average molecular weight is 451 g/mol. The van der Waals surface area contributed by atoms with Crippen LogP contribution in [0.25, 0.3) is 0 Å². The van der Waals surface area contributed by atoms with Gasteiger partial charge in [-0.1, -0.05) is 30.3 Å². The fourth-order valence-electron chi connectivity index (χ4n) is 5.61. The Labute approximate surface area is 198 Å². The Hall–Kier alpha value is -2.67. The van der Waals surface area contributed by atoms with E-state index < -0.39 is 0 Å². The van der Waals surface area contributed by atoms with Crippen LogP contribution in [0.5, 0.6) is 0 Å². The molecule has 0 unspecified atom stereocenters. The van der Waals surface area contributed by atoms with Crippen molar-refractivity contribution in [2.45, 2.75) is 50.1 Å². The number of carbonyl (C=O) groups is 1. The first kappa shape index (κ1) is 23.5. The molecular formula is C26H38N6O. The van der Waals surface area contributed by atoms with Crippen LogP contribution in [0, 0.1) is 6.92 Å². The van der Waals surface area contributed by atoms with Crippen molar-refractivity contribution in [2.75, 3.05) is 57.6 Å². The van der Waals surface area contributed by atoms with Crippen molar-refractivity contribution < 1.29 is 4.79 Å². The molecule has 1 saturated carbocycles. The van der Waals surface area contributed by atoms with Crippen LogP contribution >= 0.6 is 0 Å². The molecule has 0 spiro atoms. The lowest BCUT2D eigenvalue weighted by molar-refractivity contribution is -0.124. The third kappa shape index (κ3) is 4.31. The van der Waals surface area contributed by atoms with E-state index in [1.165, 1.54) is 12.0 Å². The van der Waals surface area contributed by atoms with Crippen LogP contribution < -0.4 is 9.80 Å². The molecule has 7 nitrogen and oxygen atoms in total. The molecule has 2 heterocycles. The summed E-state index contributed by atoms with van der Waals surface area (Å²) in [6.07, 6.45) is 8.02. The molecule has 0 atom stereocenters. The number of nitrogens with zero attached hydrogens (tertiary/aromatic N) is 6. The molecule has 2 aliphatic rings. The number of aromatic nitrogens is 2. The maximum absolute atomic E-state index is 12.0. The number of anilines is 2. The number of benzene rings is 1. The molecule has 1 aliphatic heterocycles. The standard InChI is InChI=1S/C26H38N6O/c1-21-27-18-23(24(28-21)32-16-9-17-32)30(4)19-25(31(5)20-33)12-14-26(15-13-25,29(2)3)22-10-7-6-8-11-22/h6-8,10-11,18,20H,9,12-17,19H2,1-5H3. The second-order valence-electron chi connectivity index (χ2n) is 10.1. The molecule has 7 heteroatoms. The lowest BCUT2D eigenvalue weighted by Gasteiger charge is -2.53. The quantitative estimate of drug-likeness (QED) is 0.576. The largest absolute Gasteiger partial charge is 0.368 e. The highest BCUT2D eigenvalue weighted by atomic mass is 16.1. The van der Waals surface area contributed by atoms with Crippen molar-refractivity contribution in [3.63, 3.8) is 0 Å². The Morgan fingerprint density at radius 1 is 1.03 bits per heavy atom. The van der Waals surface area contributed by atoms with Gasteiger partial charge in [0.15, 0.2) is 5.82 Å².